The lowest BCUT2D eigenvalue weighted by atomic mass is 9.80. The second-order valence-electron chi connectivity index (χ2n) is 5.51. The van der Waals surface area contributed by atoms with Gasteiger partial charge in [-0.25, -0.2) is 0 Å². The summed E-state index contributed by atoms with van der Waals surface area (Å²) in [5, 5.41) is 9.02. The zero-order chi connectivity index (χ0) is 11.1. The van der Waals surface area contributed by atoms with Gasteiger partial charge in [0.1, 0.15) is 0 Å². The molecule has 0 amide bonds. The molecule has 0 spiro atoms. The fraction of sp³-hybridized carbons (Fsp3) is 0.917. The summed E-state index contributed by atoms with van der Waals surface area (Å²) in [6, 6.07) is 0.669. The molecule has 0 aromatic carbocycles. The van der Waals surface area contributed by atoms with E-state index in [9.17, 15) is 4.79 Å². The largest absolute Gasteiger partial charge is 0.481 e. The van der Waals surface area contributed by atoms with Crippen LogP contribution in [0.15, 0.2) is 0 Å². The van der Waals surface area contributed by atoms with E-state index in [0.29, 0.717) is 6.04 Å². The molecule has 2 rings (SSSR count). The number of rotatable bonds is 3. The molecule has 15 heavy (non-hydrogen) atoms. The van der Waals surface area contributed by atoms with Crippen LogP contribution in [0.2, 0.25) is 0 Å². The molecule has 0 aromatic rings. The Kier molecular flexibility index (Phi) is 2.75. The summed E-state index contributed by atoms with van der Waals surface area (Å²) in [6.45, 7) is 5.62. The first-order chi connectivity index (χ1) is 7.05. The Morgan fingerprint density at radius 1 is 1.47 bits per heavy atom. The van der Waals surface area contributed by atoms with Gasteiger partial charge in [0.15, 0.2) is 0 Å². The molecule has 0 radical (unpaired) electrons. The maximum absolute atomic E-state index is 11.0. The number of nitrogens with zero attached hydrogens (tertiary/aromatic N) is 1. The summed E-state index contributed by atoms with van der Waals surface area (Å²) < 4.78 is 0. The Hall–Kier alpha value is -0.570. The first-order valence-corrected chi connectivity index (χ1v) is 6.02. The molecule has 1 N–H and O–H groups in total. The van der Waals surface area contributed by atoms with Gasteiger partial charge in [0.25, 0.3) is 0 Å². The fourth-order valence-corrected chi connectivity index (χ4v) is 2.99. The Labute approximate surface area is 91.5 Å². The highest BCUT2D eigenvalue weighted by Gasteiger charge is 2.48. The molecular formula is C12H21NO2. The molecule has 1 aliphatic carbocycles. The van der Waals surface area contributed by atoms with Crippen molar-refractivity contribution in [2.75, 3.05) is 13.1 Å². The van der Waals surface area contributed by atoms with Gasteiger partial charge in [-0.2, -0.15) is 0 Å². The Balaban J connectivity index is 1.83. The van der Waals surface area contributed by atoms with Gasteiger partial charge in [-0.3, -0.25) is 9.69 Å². The first kappa shape index (κ1) is 10.9. The van der Waals surface area contributed by atoms with Gasteiger partial charge in [0.2, 0.25) is 0 Å². The van der Waals surface area contributed by atoms with Crippen molar-refractivity contribution in [2.45, 2.75) is 45.6 Å². The van der Waals surface area contributed by atoms with Crippen molar-refractivity contribution in [1.82, 2.24) is 4.90 Å². The van der Waals surface area contributed by atoms with E-state index in [1.807, 2.05) is 6.92 Å². The second kappa shape index (κ2) is 3.78. The molecule has 1 heterocycles. The molecule has 2 unspecified atom stereocenters. The van der Waals surface area contributed by atoms with Gasteiger partial charge in [0, 0.05) is 19.1 Å². The van der Waals surface area contributed by atoms with E-state index in [2.05, 4.69) is 11.8 Å². The summed E-state index contributed by atoms with van der Waals surface area (Å²) in [4.78, 5) is 13.3. The molecule has 86 valence electrons. The van der Waals surface area contributed by atoms with E-state index in [1.165, 1.54) is 25.7 Å². The minimum Gasteiger partial charge on any atom is -0.481 e. The topological polar surface area (TPSA) is 40.5 Å². The van der Waals surface area contributed by atoms with Gasteiger partial charge >= 0.3 is 5.97 Å². The average molecular weight is 211 g/mol. The lowest BCUT2D eigenvalue weighted by Gasteiger charge is -2.48. The van der Waals surface area contributed by atoms with Gasteiger partial charge in [-0.05, 0) is 32.1 Å². The highest BCUT2D eigenvalue weighted by atomic mass is 16.4. The minimum atomic E-state index is -0.635. The molecular weight excluding hydrogens is 190 g/mol. The number of carbonyl (C=O) groups is 1. The van der Waals surface area contributed by atoms with Crippen LogP contribution in [0.3, 0.4) is 0 Å². The molecule has 1 saturated heterocycles. The van der Waals surface area contributed by atoms with Crippen molar-refractivity contribution >= 4 is 5.97 Å². The van der Waals surface area contributed by atoms with Crippen LogP contribution < -0.4 is 0 Å². The standard InChI is InChI=1S/C12H21NO2/c1-3-9-4-5-10(6-9)13-7-12(2,8-13)11(14)15/h9-10H,3-8H2,1-2H3,(H,14,15). The van der Waals surface area contributed by atoms with Crippen LogP contribution >= 0.6 is 0 Å². The highest BCUT2D eigenvalue weighted by molar-refractivity contribution is 5.76. The molecule has 2 aliphatic rings. The minimum absolute atomic E-state index is 0.468. The Morgan fingerprint density at radius 2 is 2.13 bits per heavy atom. The van der Waals surface area contributed by atoms with Crippen LogP contribution in [0, 0.1) is 11.3 Å². The number of hydrogen-bond acceptors (Lipinski definition) is 2. The number of likely N-dealkylation sites (tertiary alicyclic amines) is 1. The van der Waals surface area contributed by atoms with Crippen LogP contribution in [-0.2, 0) is 4.79 Å². The molecule has 0 aromatic heterocycles. The van der Waals surface area contributed by atoms with Crippen molar-refractivity contribution in [3.63, 3.8) is 0 Å². The number of carboxylic acids is 1. The van der Waals surface area contributed by atoms with Gasteiger partial charge in [0.05, 0.1) is 5.41 Å². The van der Waals surface area contributed by atoms with E-state index in [0.717, 1.165) is 19.0 Å². The molecule has 1 saturated carbocycles. The van der Waals surface area contributed by atoms with E-state index in [-0.39, 0.29) is 0 Å². The molecule has 3 heteroatoms. The predicted octanol–water partition coefficient (Wildman–Crippen LogP) is 1.97. The van der Waals surface area contributed by atoms with Crippen LogP contribution in [0.5, 0.6) is 0 Å². The lowest BCUT2D eigenvalue weighted by Crippen LogP contribution is -2.61. The Morgan fingerprint density at radius 3 is 2.60 bits per heavy atom. The third-order valence-corrected chi connectivity index (χ3v) is 4.23. The number of hydrogen-bond donors (Lipinski definition) is 1. The van der Waals surface area contributed by atoms with Crippen LogP contribution in [0.25, 0.3) is 0 Å². The third-order valence-electron chi connectivity index (χ3n) is 4.23. The van der Waals surface area contributed by atoms with Crippen molar-refractivity contribution in [3.05, 3.63) is 0 Å². The summed E-state index contributed by atoms with van der Waals surface area (Å²) >= 11 is 0. The smallest absolute Gasteiger partial charge is 0.311 e. The summed E-state index contributed by atoms with van der Waals surface area (Å²) in [5.74, 6) is 0.246. The fourth-order valence-electron chi connectivity index (χ4n) is 2.99. The monoisotopic (exact) mass is 211 g/mol. The van der Waals surface area contributed by atoms with Crippen LogP contribution in [0.4, 0.5) is 0 Å². The van der Waals surface area contributed by atoms with E-state index >= 15 is 0 Å². The SMILES string of the molecule is CCC1CCC(N2CC(C)(C(=O)O)C2)C1. The predicted molar refractivity (Wildman–Crippen MR) is 58.7 cm³/mol. The Bertz CT molecular complexity index is 258. The van der Waals surface area contributed by atoms with Crippen molar-refractivity contribution in [3.8, 4) is 0 Å². The molecule has 1 aliphatic heterocycles. The average Bonchev–Trinajstić information content (AvgIpc) is 2.60. The number of carboxylic acid groups (broad SMARTS) is 1. The van der Waals surface area contributed by atoms with Crippen LogP contribution in [-0.4, -0.2) is 35.1 Å². The third kappa shape index (κ3) is 1.89. The van der Waals surface area contributed by atoms with E-state index < -0.39 is 11.4 Å². The zero-order valence-corrected chi connectivity index (χ0v) is 9.70. The van der Waals surface area contributed by atoms with Crippen molar-refractivity contribution in [1.29, 1.82) is 0 Å². The molecule has 2 fully saturated rings. The maximum Gasteiger partial charge on any atom is 0.311 e. The summed E-state index contributed by atoms with van der Waals surface area (Å²) in [5.41, 5.74) is -0.468. The highest BCUT2D eigenvalue weighted by Crippen LogP contribution is 2.39. The van der Waals surface area contributed by atoms with Crippen LogP contribution in [0.1, 0.15) is 39.5 Å². The zero-order valence-electron chi connectivity index (χ0n) is 9.70. The van der Waals surface area contributed by atoms with Gasteiger partial charge in [-0.1, -0.05) is 13.3 Å². The molecule has 2 atom stereocenters. The quantitative estimate of drug-likeness (QED) is 0.776. The number of aliphatic carboxylic acids is 1. The van der Waals surface area contributed by atoms with E-state index in [4.69, 9.17) is 5.11 Å². The lowest BCUT2D eigenvalue weighted by molar-refractivity contribution is -0.160. The summed E-state index contributed by atoms with van der Waals surface area (Å²) in [6.07, 6.45) is 5.17. The van der Waals surface area contributed by atoms with E-state index in [1.54, 1.807) is 0 Å². The second-order valence-corrected chi connectivity index (χ2v) is 5.51. The maximum atomic E-state index is 11.0. The van der Waals surface area contributed by atoms with Gasteiger partial charge < -0.3 is 5.11 Å². The van der Waals surface area contributed by atoms with Gasteiger partial charge in [-0.15, -0.1) is 0 Å². The van der Waals surface area contributed by atoms with Crippen molar-refractivity contribution < 1.29 is 9.90 Å². The molecule has 0 bridgehead atoms. The van der Waals surface area contributed by atoms with Crippen molar-refractivity contribution in [2.24, 2.45) is 11.3 Å². The molecule has 3 nitrogen and oxygen atoms in total. The summed E-state index contributed by atoms with van der Waals surface area (Å²) in [7, 11) is 0. The normalized spacial score (nSPS) is 35.1. The first-order valence-electron chi connectivity index (χ1n) is 6.02.